The third-order valence-corrected chi connectivity index (χ3v) is 14.9. The van der Waals surface area contributed by atoms with E-state index in [0.29, 0.717) is 5.92 Å². The first kappa shape index (κ1) is 39.9. The van der Waals surface area contributed by atoms with Crippen molar-refractivity contribution < 1.29 is 0 Å². The van der Waals surface area contributed by atoms with Crippen molar-refractivity contribution in [2.24, 2.45) is 5.92 Å². The molecular weight excluding hydrogens is 799 g/mol. The summed E-state index contributed by atoms with van der Waals surface area (Å²) in [5, 5.41) is 5.05. The van der Waals surface area contributed by atoms with Crippen LogP contribution in [-0.2, 0) is 5.41 Å². The largest absolute Gasteiger partial charge is 0.338 e. The van der Waals surface area contributed by atoms with E-state index in [1.54, 1.807) is 0 Å². The lowest BCUT2D eigenvalue weighted by molar-refractivity contribution is 0.463. The van der Waals surface area contributed by atoms with Crippen molar-refractivity contribution in [3.05, 3.63) is 228 Å². The maximum absolute atomic E-state index is 2.58. The van der Waals surface area contributed by atoms with Gasteiger partial charge in [0.2, 0.25) is 0 Å². The number of aromatic nitrogens is 1. The molecule has 3 heteroatoms. The van der Waals surface area contributed by atoms with Crippen molar-refractivity contribution in [3.63, 3.8) is 0 Å². The van der Waals surface area contributed by atoms with E-state index in [-0.39, 0.29) is 11.5 Å². The maximum atomic E-state index is 2.58. The van der Waals surface area contributed by atoms with Gasteiger partial charge in [0, 0.05) is 56.2 Å². The Morgan fingerprint density at radius 3 is 1.86 bits per heavy atom. The van der Waals surface area contributed by atoms with E-state index in [0.717, 1.165) is 23.5 Å². The van der Waals surface area contributed by atoms with E-state index in [1.807, 2.05) is 0 Å². The van der Waals surface area contributed by atoms with Crippen LogP contribution in [-0.4, -0.2) is 10.6 Å². The van der Waals surface area contributed by atoms with E-state index in [4.69, 9.17) is 0 Å². The first-order valence-electron chi connectivity index (χ1n) is 23.7. The van der Waals surface area contributed by atoms with Crippen molar-refractivity contribution in [2.45, 2.75) is 52.5 Å². The number of hydrogen-bond donors (Lipinski definition) is 0. The standard InChI is InChI=1S/C63H53N3/c1-6-41(2)42(3)64(47-25-12-8-13-26-47)51-37-56-53-33-31-50(40-61(53)66-60-29-19-18-24-46(60)35-54(57(38-51)62(56)66)43-20-10-7-11-21-43)65(48-27-14-9-15-28-48)49-30-32-52-55-34-44-22-16-17-23-45(44)36-58(55)63(4,5)59(52)39-49/h7-42H,6H2,1-5H3/t41-,42?/m0/s1. The molecule has 0 fully saturated rings. The minimum Gasteiger partial charge on any atom is -0.338 e. The molecular formula is C63H53N3. The normalized spacial score (nSPS) is 14.3. The van der Waals surface area contributed by atoms with Gasteiger partial charge >= 0.3 is 0 Å². The number of rotatable bonds is 9. The average molecular weight is 852 g/mol. The molecule has 1 unspecified atom stereocenters. The van der Waals surface area contributed by atoms with E-state index in [2.05, 4.69) is 255 Å². The molecule has 1 aromatic heterocycles. The number of anilines is 5. The van der Waals surface area contributed by atoms with Gasteiger partial charge in [-0.3, -0.25) is 0 Å². The molecule has 0 saturated carbocycles. The van der Waals surface area contributed by atoms with Crippen LogP contribution in [0.4, 0.5) is 28.4 Å². The van der Waals surface area contributed by atoms with Crippen LogP contribution in [0.5, 0.6) is 0 Å². The number of benzene rings is 9. The first-order valence-corrected chi connectivity index (χ1v) is 23.7. The zero-order chi connectivity index (χ0) is 44.7. The Labute approximate surface area is 388 Å². The van der Waals surface area contributed by atoms with E-state index < -0.39 is 0 Å². The summed E-state index contributed by atoms with van der Waals surface area (Å²) < 4.78 is 2.55. The van der Waals surface area contributed by atoms with Crippen LogP contribution < -0.4 is 9.80 Å². The zero-order valence-electron chi connectivity index (χ0n) is 38.3. The third kappa shape index (κ3) is 6.25. The van der Waals surface area contributed by atoms with Crippen LogP contribution >= 0.6 is 0 Å². The van der Waals surface area contributed by atoms with Gasteiger partial charge < -0.3 is 14.4 Å². The minimum absolute atomic E-state index is 0.167. The first-order chi connectivity index (χ1) is 32.3. The van der Waals surface area contributed by atoms with E-state index in [1.165, 1.54) is 94.2 Å². The molecule has 2 atom stereocenters. The van der Waals surface area contributed by atoms with Gasteiger partial charge in [-0.15, -0.1) is 0 Å². The number of fused-ring (bicyclic) bond motifs is 9. The second-order valence-corrected chi connectivity index (χ2v) is 19.0. The summed E-state index contributed by atoms with van der Waals surface area (Å²) in [5.74, 6) is 0.472. The number of nitrogens with zero attached hydrogens (tertiary/aromatic N) is 3. The van der Waals surface area contributed by atoms with Crippen molar-refractivity contribution in [2.75, 3.05) is 9.80 Å². The fourth-order valence-electron chi connectivity index (χ4n) is 11.1. The van der Waals surface area contributed by atoms with Crippen molar-refractivity contribution in [3.8, 4) is 16.8 Å². The molecule has 1 aliphatic heterocycles. The fourth-order valence-corrected chi connectivity index (χ4v) is 11.1. The summed E-state index contributed by atoms with van der Waals surface area (Å²) in [4.78, 5) is 5.03. The van der Waals surface area contributed by atoms with Crippen LogP contribution in [0.15, 0.2) is 200 Å². The van der Waals surface area contributed by atoms with Gasteiger partial charge in [0.15, 0.2) is 0 Å². The predicted molar refractivity (Wildman–Crippen MR) is 281 cm³/mol. The van der Waals surface area contributed by atoms with Crippen molar-refractivity contribution >= 4 is 72.7 Å². The fraction of sp³-hybridized carbons (Fsp3) is 0.143. The molecule has 0 spiro atoms. The Bertz CT molecular complexity index is 3520. The van der Waals surface area contributed by atoms with Gasteiger partial charge in [-0.2, -0.15) is 0 Å². The molecule has 1 aliphatic carbocycles. The van der Waals surface area contributed by atoms with Crippen LogP contribution in [0.1, 0.15) is 68.9 Å². The average Bonchev–Trinajstić information content (AvgIpc) is 3.73. The van der Waals surface area contributed by atoms with Crippen molar-refractivity contribution in [1.29, 1.82) is 0 Å². The molecule has 12 rings (SSSR count). The Morgan fingerprint density at radius 2 is 1.12 bits per heavy atom. The second-order valence-electron chi connectivity index (χ2n) is 19.0. The van der Waals surface area contributed by atoms with Gasteiger partial charge in [-0.1, -0.05) is 155 Å². The third-order valence-electron chi connectivity index (χ3n) is 14.9. The van der Waals surface area contributed by atoms with Crippen LogP contribution in [0.2, 0.25) is 0 Å². The molecule has 320 valence electrons. The lowest BCUT2D eigenvalue weighted by Gasteiger charge is -2.35. The van der Waals surface area contributed by atoms with Crippen molar-refractivity contribution in [1.82, 2.24) is 4.57 Å². The SMILES string of the molecule is CC[C@H](C)C(C)N(c1ccccc1)c1cc2c3c(c1)c1ccc(N(c4ccccc4)c4ccc5c(c4)C(C)(C)c4cc6ccccc6cc4-5)cc1n3-c1ccccc1C=C2c1ccccc1. The molecule has 0 saturated heterocycles. The highest BCUT2D eigenvalue weighted by Gasteiger charge is 2.37. The topological polar surface area (TPSA) is 11.4 Å². The van der Waals surface area contributed by atoms with Gasteiger partial charge in [-0.05, 0) is 148 Å². The highest BCUT2D eigenvalue weighted by molar-refractivity contribution is 6.17. The molecule has 0 radical (unpaired) electrons. The van der Waals surface area contributed by atoms with Crippen LogP contribution in [0.25, 0.3) is 61.0 Å². The Morgan fingerprint density at radius 1 is 0.500 bits per heavy atom. The summed E-state index contributed by atoms with van der Waals surface area (Å²) in [5.41, 5.74) is 19.5. The van der Waals surface area contributed by atoms with Crippen LogP contribution in [0, 0.1) is 5.92 Å². The molecule has 9 aromatic carbocycles. The Hall–Kier alpha value is -7.62. The lowest BCUT2D eigenvalue weighted by Crippen LogP contribution is -2.33. The molecule has 0 N–H and O–H groups in total. The minimum atomic E-state index is -0.167. The van der Waals surface area contributed by atoms with Gasteiger partial charge in [-0.25, -0.2) is 0 Å². The highest BCUT2D eigenvalue weighted by Crippen LogP contribution is 2.53. The number of para-hydroxylation sites is 3. The summed E-state index contributed by atoms with van der Waals surface area (Å²) in [7, 11) is 0. The van der Waals surface area contributed by atoms with Gasteiger partial charge in [0.1, 0.15) is 0 Å². The number of hydrogen-bond acceptors (Lipinski definition) is 2. The zero-order valence-corrected chi connectivity index (χ0v) is 38.3. The second kappa shape index (κ2) is 15.5. The molecule has 0 amide bonds. The molecule has 2 heterocycles. The molecule has 3 nitrogen and oxygen atoms in total. The molecule has 10 aromatic rings. The summed E-state index contributed by atoms with van der Waals surface area (Å²) in [6.45, 7) is 11.9. The smallest absolute Gasteiger partial charge is 0.0621 e. The molecule has 2 aliphatic rings. The summed E-state index contributed by atoms with van der Waals surface area (Å²) in [6.07, 6.45) is 3.51. The molecule has 66 heavy (non-hydrogen) atoms. The van der Waals surface area contributed by atoms with E-state index >= 15 is 0 Å². The van der Waals surface area contributed by atoms with Gasteiger partial charge in [0.05, 0.1) is 16.7 Å². The Balaban J connectivity index is 1.11. The summed E-state index contributed by atoms with van der Waals surface area (Å²) >= 11 is 0. The van der Waals surface area contributed by atoms with Gasteiger partial charge in [0.25, 0.3) is 0 Å². The van der Waals surface area contributed by atoms with Crippen LogP contribution in [0.3, 0.4) is 0 Å². The quantitative estimate of drug-likeness (QED) is 0.143. The van der Waals surface area contributed by atoms with E-state index in [9.17, 15) is 0 Å². The Kier molecular flexibility index (Phi) is 9.39. The highest BCUT2D eigenvalue weighted by atomic mass is 15.2. The maximum Gasteiger partial charge on any atom is 0.0621 e. The molecule has 0 bridgehead atoms. The summed E-state index contributed by atoms with van der Waals surface area (Å²) in [6, 6.07) is 74.8. The lowest BCUT2D eigenvalue weighted by atomic mass is 9.81. The predicted octanol–water partition coefficient (Wildman–Crippen LogP) is 17.2. The monoisotopic (exact) mass is 851 g/mol.